The van der Waals surface area contributed by atoms with Crippen molar-refractivity contribution in [2.45, 2.75) is 25.7 Å². The van der Waals surface area contributed by atoms with Gasteiger partial charge in [0.2, 0.25) is 0 Å². The minimum absolute atomic E-state index is 0.00564. The van der Waals surface area contributed by atoms with Crippen LogP contribution >= 0.6 is 0 Å². The highest BCUT2D eigenvalue weighted by Gasteiger charge is 2.33. The van der Waals surface area contributed by atoms with Gasteiger partial charge in [0.25, 0.3) is 5.69 Å². The van der Waals surface area contributed by atoms with Gasteiger partial charge in [0.1, 0.15) is 18.3 Å². The van der Waals surface area contributed by atoms with Gasteiger partial charge in [-0.2, -0.15) is 0 Å². The summed E-state index contributed by atoms with van der Waals surface area (Å²) in [5.74, 6) is -1.44. The molecule has 1 heterocycles. The number of nitro groups is 1. The third-order valence-electron chi connectivity index (χ3n) is 2.79. The molecular formula is C13H15NO6. The van der Waals surface area contributed by atoms with E-state index in [4.69, 9.17) is 14.2 Å². The van der Waals surface area contributed by atoms with Crippen LogP contribution in [-0.4, -0.2) is 36.0 Å². The van der Waals surface area contributed by atoms with Crippen LogP contribution in [0.2, 0.25) is 0 Å². The molecule has 1 atom stereocenters. The predicted octanol–water partition coefficient (Wildman–Crippen LogP) is 1.90. The lowest BCUT2D eigenvalue weighted by atomic mass is 10.2. The van der Waals surface area contributed by atoms with Crippen LogP contribution in [0.3, 0.4) is 0 Å². The van der Waals surface area contributed by atoms with E-state index >= 15 is 0 Å². The molecule has 0 bridgehead atoms. The van der Waals surface area contributed by atoms with Crippen molar-refractivity contribution in [2.75, 3.05) is 13.2 Å². The SMILES string of the molecule is CC1(C)OCC(COC(=O)c2ccccc2[N+](=O)[O-])O1. The molecule has 108 valence electrons. The number of carbonyl (C=O) groups excluding carboxylic acids is 1. The van der Waals surface area contributed by atoms with Gasteiger partial charge in [0.05, 0.1) is 11.5 Å². The molecule has 0 saturated carbocycles. The lowest BCUT2D eigenvalue weighted by Crippen LogP contribution is -2.25. The molecule has 0 amide bonds. The predicted molar refractivity (Wildman–Crippen MR) is 68.3 cm³/mol. The average molecular weight is 281 g/mol. The van der Waals surface area contributed by atoms with Crippen LogP contribution in [-0.2, 0) is 14.2 Å². The van der Waals surface area contributed by atoms with Crippen LogP contribution in [0.25, 0.3) is 0 Å². The summed E-state index contributed by atoms with van der Waals surface area (Å²) in [6, 6.07) is 5.65. The van der Waals surface area contributed by atoms with Gasteiger partial charge in [-0.15, -0.1) is 0 Å². The second kappa shape index (κ2) is 5.56. The number of benzene rings is 1. The van der Waals surface area contributed by atoms with Crippen molar-refractivity contribution < 1.29 is 23.9 Å². The highest BCUT2D eigenvalue weighted by molar-refractivity contribution is 5.93. The first-order valence-electron chi connectivity index (χ1n) is 6.11. The van der Waals surface area contributed by atoms with E-state index in [1.807, 2.05) is 0 Å². The van der Waals surface area contributed by atoms with Crippen molar-refractivity contribution in [1.29, 1.82) is 0 Å². The Morgan fingerprint density at radius 1 is 1.50 bits per heavy atom. The molecule has 0 N–H and O–H groups in total. The third-order valence-corrected chi connectivity index (χ3v) is 2.79. The van der Waals surface area contributed by atoms with E-state index < -0.39 is 16.7 Å². The Hall–Kier alpha value is -1.99. The minimum atomic E-state index is -0.745. The molecular weight excluding hydrogens is 266 g/mol. The number of esters is 1. The summed E-state index contributed by atoms with van der Waals surface area (Å²) in [7, 11) is 0. The molecule has 0 aromatic heterocycles. The zero-order valence-electron chi connectivity index (χ0n) is 11.2. The van der Waals surface area contributed by atoms with Crippen LogP contribution < -0.4 is 0 Å². The topological polar surface area (TPSA) is 87.9 Å². The second-order valence-electron chi connectivity index (χ2n) is 4.82. The van der Waals surface area contributed by atoms with Crippen molar-refractivity contribution in [1.82, 2.24) is 0 Å². The van der Waals surface area contributed by atoms with Gasteiger partial charge in [-0.25, -0.2) is 4.79 Å². The van der Waals surface area contributed by atoms with Crippen molar-refractivity contribution in [3.8, 4) is 0 Å². The molecule has 1 aromatic rings. The first-order valence-corrected chi connectivity index (χ1v) is 6.11. The highest BCUT2D eigenvalue weighted by Crippen LogP contribution is 2.23. The van der Waals surface area contributed by atoms with E-state index in [0.29, 0.717) is 6.61 Å². The van der Waals surface area contributed by atoms with Crippen molar-refractivity contribution >= 4 is 11.7 Å². The van der Waals surface area contributed by atoms with Crippen molar-refractivity contribution in [3.63, 3.8) is 0 Å². The summed E-state index contributed by atoms with van der Waals surface area (Å²) in [6.07, 6.45) is -0.364. The maximum atomic E-state index is 11.9. The molecule has 0 spiro atoms. The first-order chi connectivity index (χ1) is 9.39. The summed E-state index contributed by atoms with van der Waals surface area (Å²) in [5, 5.41) is 10.8. The van der Waals surface area contributed by atoms with Crippen molar-refractivity contribution in [3.05, 3.63) is 39.9 Å². The Bertz CT molecular complexity index is 527. The Morgan fingerprint density at radius 3 is 2.80 bits per heavy atom. The molecule has 7 nitrogen and oxygen atoms in total. The molecule has 1 unspecified atom stereocenters. The summed E-state index contributed by atoms with van der Waals surface area (Å²) in [6.45, 7) is 3.83. The fourth-order valence-electron chi connectivity index (χ4n) is 1.90. The van der Waals surface area contributed by atoms with Crippen LogP contribution in [0.15, 0.2) is 24.3 Å². The fraction of sp³-hybridized carbons (Fsp3) is 0.462. The fourth-order valence-corrected chi connectivity index (χ4v) is 1.90. The molecule has 1 aromatic carbocycles. The number of rotatable bonds is 4. The maximum absolute atomic E-state index is 11.9. The number of para-hydroxylation sites is 1. The van der Waals surface area contributed by atoms with Gasteiger partial charge >= 0.3 is 5.97 Å². The van der Waals surface area contributed by atoms with Gasteiger partial charge in [0.15, 0.2) is 5.79 Å². The normalized spacial score (nSPS) is 20.6. The Labute approximate surface area is 115 Å². The van der Waals surface area contributed by atoms with Gasteiger partial charge in [-0.1, -0.05) is 12.1 Å². The maximum Gasteiger partial charge on any atom is 0.345 e. The quantitative estimate of drug-likeness (QED) is 0.476. The molecule has 0 radical (unpaired) electrons. The van der Waals surface area contributed by atoms with Gasteiger partial charge in [-0.3, -0.25) is 10.1 Å². The molecule has 20 heavy (non-hydrogen) atoms. The lowest BCUT2D eigenvalue weighted by molar-refractivity contribution is -0.385. The molecule has 1 aliphatic heterocycles. The number of nitro benzene ring substituents is 1. The van der Waals surface area contributed by atoms with E-state index in [1.165, 1.54) is 18.2 Å². The number of hydrogen-bond donors (Lipinski definition) is 0. The zero-order valence-corrected chi connectivity index (χ0v) is 11.2. The number of ether oxygens (including phenoxy) is 3. The van der Waals surface area contributed by atoms with Crippen LogP contribution in [0, 0.1) is 10.1 Å². The second-order valence-corrected chi connectivity index (χ2v) is 4.82. The monoisotopic (exact) mass is 281 g/mol. The summed E-state index contributed by atoms with van der Waals surface area (Å²) < 4.78 is 15.9. The van der Waals surface area contributed by atoms with E-state index in [-0.39, 0.29) is 24.0 Å². The Balaban J connectivity index is 1.98. The standard InChI is InChI=1S/C13H15NO6/c1-13(2)19-8-9(20-13)7-18-12(15)10-5-3-4-6-11(10)14(16)17/h3-6,9H,7-8H2,1-2H3. The Morgan fingerprint density at radius 2 is 2.20 bits per heavy atom. The summed E-state index contributed by atoms with van der Waals surface area (Å²) in [5.41, 5.74) is -0.350. The zero-order chi connectivity index (χ0) is 14.8. The molecule has 1 aliphatic rings. The van der Waals surface area contributed by atoms with Crippen molar-refractivity contribution in [2.24, 2.45) is 0 Å². The largest absolute Gasteiger partial charge is 0.459 e. The van der Waals surface area contributed by atoms with E-state index in [1.54, 1.807) is 19.9 Å². The van der Waals surface area contributed by atoms with E-state index in [0.717, 1.165) is 0 Å². The molecule has 0 aliphatic carbocycles. The Kier molecular flexibility index (Phi) is 4.01. The molecule has 1 saturated heterocycles. The van der Waals surface area contributed by atoms with Gasteiger partial charge in [-0.05, 0) is 19.9 Å². The molecule has 7 heteroatoms. The van der Waals surface area contributed by atoms with E-state index in [2.05, 4.69) is 0 Å². The number of nitrogens with zero attached hydrogens (tertiary/aromatic N) is 1. The summed E-state index contributed by atoms with van der Waals surface area (Å²) in [4.78, 5) is 22.1. The van der Waals surface area contributed by atoms with Gasteiger partial charge in [0, 0.05) is 6.07 Å². The molecule has 1 fully saturated rings. The lowest BCUT2D eigenvalue weighted by Gasteiger charge is -2.16. The van der Waals surface area contributed by atoms with Crippen LogP contribution in [0.1, 0.15) is 24.2 Å². The van der Waals surface area contributed by atoms with Crippen LogP contribution in [0.4, 0.5) is 5.69 Å². The van der Waals surface area contributed by atoms with Crippen LogP contribution in [0.5, 0.6) is 0 Å². The van der Waals surface area contributed by atoms with E-state index in [9.17, 15) is 14.9 Å². The highest BCUT2D eigenvalue weighted by atomic mass is 16.7. The number of carbonyl (C=O) groups is 1. The van der Waals surface area contributed by atoms with Gasteiger partial charge < -0.3 is 14.2 Å². The minimum Gasteiger partial charge on any atom is -0.459 e. The summed E-state index contributed by atoms with van der Waals surface area (Å²) >= 11 is 0. The number of hydrogen-bond acceptors (Lipinski definition) is 6. The average Bonchev–Trinajstić information content (AvgIpc) is 2.75. The molecule has 2 rings (SSSR count). The third kappa shape index (κ3) is 3.31. The first kappa shape index (κ1) is 14.4. The smallest absolute Gasteiger partial charge is 0.345 e.